The third-order valence-electron chi connectivity index (χ3n) is 1.81. The molecule has 0 heterocycles. The molecule has 0 aromatic heterocycles. The highest BCUT2D eigenvalue weighted by Crippen LogP contribution is 2.12. The number of nitrogens with zero attached hydrogens (tertiary/aromatic N) is 2. The van der Waals surface area contributed by atoms with Crippen LogP contribution in [0, 0.1) is 0 Å². The van der Waals surface area contributed by atoms with Crippen LogP contribution in [-0.4, -0.2) is 36.5 Å². The lowest BCUT2D eigenvalue weighted by Crippen LogP contribution is -2.35. The number of hydrogen-bond donors (Lipinski definition) is 0. The van der Waals surface area contributed by atoms with E-state index in [4.69, 9.17) is 5.53 Å². The van der Waals surface area contributed by atoms with Gasteiger partial charge in [-0.25, -0.2) is 16.8 Å². The highest BCUT2D eigenvalue weighted by molar-refractivity contribution is 8.31. The van der Waals surface area contributed by atoms with Crippen molar-refractivity contribution in [3.05, 3.63) is 5.53 Å². The van der Waals surface area contributed by atoms with Gasteiger partial charge in [0.2, 0.25) is 0 Å². The van der Waals surface area contributed by atoms with Crippen LogP contribution in [-0.2, 0) is 19.7 Å². The van der Waals surface area contributed by atoms with Gasteiger partial charge in [-0.05, 0) is 27.7 Å². The summed E-state index contributed by atoms with van der Waals surface area (Å²) in [5.41, 5.74) is 8.52. The van der Waals surface area contributed by atoms with Crippen LogP contribution in [0.5, 0.6) is 0 Å². The van der Waals surface area contributed by atoms with Gasteiger partial charge in [-0.2, -0.15) is 0 Å². The lowest BCUT2D eigenvalue weighted by atomic mass is 10.6. The lowest BCUT2D eigenvalue weighted by molar-refractivity contribution is 0.00371. The molecule has 0 amide bonds. The van der Waals surface area contributed by atoms with Crippen molar-refractivity contribution in [2.24, 2.45) is 0 Å². The second-order valence-electron chi connectivity index (χ2n) is 3.55. The van der Waals surface area contributed by atoms with Crippen LogP contribution in [0.1, 0.15) is 27.7 Å². The Bertz CT molecular complexity index is 441. The van der Waals surface area contributed by atoms with Crippen molar-refractivity contribution in [1.82, 2.24) is 0 Å². The zero-order chi connectivity index (χ0) is 12.4. The Balaban J connectivity index is 5.86. The van der Waals surface area contributed by atoms with Crippen molar-refractivity contribution >= 4 is 24.1 Å². The Kier molecular flexibility index (Phi) is 4.21. The van der Waals surface area contributed by atoms with Gasteiger partial charge in [0.15, 0.2) is 0 Å². The third-order valence-corrected chi connectivity index (χ3v) is 6.82. The smallest absolute Gasteiger partial charge is 0.359 e. The summed E-state index contributed by atoms with van der Waals surface area (Å²) in [6.45, 7) is 5.26. The van der Waals surface area contributed by atoms with E-state index in [1.807, 2.05) is 0 Å². The Morgan fingerprint density at radius 2 is 1.20 bits per heavy atom. The molecule has 0 aromatic carbocycles. The standard InChI is InChI=1S/C7H14N2O4S2/c1-5(2)14(10,11)7(9-8)15(12,13)6(3)4/h5-6H,1-4H3. The molecular formula is C7H14N2O4S2. The monoisotopic (exact) mass is 254 g/mol. The van der Waals surface area contributed by atoms with Crippen LogP contribution in [0.15, 0.2) is 0 Å². The summed E-state index contributed by atoms with van der Waals surface area (Å²) in [6.07, 6.45) is 0. The molecule has 0 aliphatic heterocycles. The topological polar surface area (TPSA) is 105 Å². The maximum Gasteiger partial charge on any atom is 0.495 e. The predicted octanol–water partition coefficient (Wildman–Crippen LogP) is 0.219. The summed E-state index contributed by atoms with van der Waals surface area (Å²) in [5, 5.41) is -1.89. The zero-order valence-electron chi connectivity index (χ0n) is 9.00. The molecule has 88 valence electrons. The Hall–Kier alpha value is -0.720. The lowest BCUT2D eigenvalue weighted by Gasteiger charge is -2.05. The van der Waals surface area contributed by atoms with Crippen LogP contribution >= 0.6 is 0 Å². The second-order valence-corrected chi connectivity index (χ2v) is 8.65. The van der Waals surface area contributed by atoms with Crippen molar-refractivity contribution in [2.45, 2.75) is 38.2 Å². The Labute approximate surface area is 89.8 Å². The molecule has 0 saturated carbocycles. The molecule has 0 unspecified atom stereocenters. The van der Waals surface area contributed by atoms with E-state index in [1.54, 1.807) is 0 Å². The first kappa shape index (κ1) is 14.3. The Morgan fingerprint density at radius 1 is 0.933 bits per heavy atom. The van der Waals surface area contributed by atoms with Gasteiger partial charge in [0.25, 0.3) is 19.7 Å². The highest BCUT2D eigenvalue weighted by Gasteiger charge is 2.44. The van der Waals surface area contributed by atoms with E-state index in [0.29, 0.717) is 0 Å². The molecule has 0 atom stereocenters. The molecule has 0 saturated heterocycles. The number of rotatable bonds is 2. The van der Waals surface area contributed by atoms with Crippen molar-refractivity contribution in [2.75, 3.05) is 0 Å². The molecule has 0 radical (unpaired) electrons. The quantitative estimate of drug-likeness (QED) is 0.304. The molecule has 0 aromatic rings. The molecule has 8 heteroatoms. The fourth-order valence-electron chi connectivity index (χ4n) is 0.679. The predicted molar refractivity (Wildman–Crippen MR) is 56.7 cm³/mol. The molecule has 0 N–H and O–H groups in total. The van der Waals surface area contributed by atoms with Gasteiger partial charge in [0, 0.05) is 0 Å². The molecular weight excluding hydrogens is 240 g/mol. The first-order chi connectivity index (χ1) is 6.58. The summed E-state index contributed by atoms with van der Waals surface area (Å²) in [7, 11) is -8.16. The van der Waals surface area contributed by atoms with Crippen LogP contribution in [0.4, 0.5) is 0 Å². The van der Waals surface area contributed by atoms with Crippen LogP contribution in [0.3, 0.4) is 0 Å². The molecule has 6 nitrogen and oxygen atoms in total. The SMILES string of the molecule is CC(C)S(=O)(=O)C(=[N+]=[N-])S(=O)(=O)C(C)C. The van der Waals surface area contributed by atoms with Crippen LogP contribution in [0.2, 0.25) is 0 Å². The van der Waals surface area contributed by atoms with Crippen molar-refractivity contribution in [3.8, 4) is 0 Å². The first-order valence-electron chi connectivity index (χ1n) is 4.28. The van der Waals surface area contributed by atoms with Gasteiger partial charge in [-0.15, -0.1) is 4.79 Å². The van der Waals surface area contributed by atoms with E-state index >= 15 is 0 Å². The van der Waals surface area contributed by atoms with E-state index in [0.717, 1.165) is 0 Å². The van der Waals surface area contributed by atoms with Gasteiger partial charge in [-0.1, -0.05) is 0 Å². The van der Waals surface area contributed by atoms with Crippen molar-refractivity contribution in [3.63, 3.8) is 0 Å². The maximum absolute atomic E-state index is 11.5. The number of sulfone groups is 2. The molecule has 0 aliphatic rings. The van der Waals surface area contributed by atoms with E-state index in [1.165, 1.54) is 27.7 Å². The maximum atomic E-state index is 11.5. The Morgan fingerprint density at radius 3 is 1.33 bits per heavy atom. The first-order valence-corrected chi connectivity index (χ1v) is 7.37. The van der Waals surface area contributed by atoms with Gasteiger partial charge in [0.05, 0.1) is 10.5 Å². The fraction of sp³-hybridized carbons (Fsp3) is 0.857. The third kappa shape index (κ3) is 2.64. The average molecular weight is 254 g/mol. The summed E-state index contributed by atoms with van der Waals surface area (Å²) < 4.78 is 45.0. The van der Waals surface area contributed by atoms with Crippen LogP contribution < -0.4 is 0 Å². The fourth-order valence-corrected chi connectivity index (χ4v) is 4.16. The summed E-state index contributed by atoms with van der Waals surface area (Å²) in [5.74, 6) is 0. The normalized spacial score (nSPS) is 12.9. The minimum Gasteiger partial charge on any atom is -0.359 e. The van der Waals surface area contributed by atoms with Crippen molar-refractivity contribution in [1.29, 1.82) is 0 Å². The molecule has 0 bridgehead atoms. The molecule has 0 rings (SSSR count). The highest BCUT2D eigenvalue weighted by atomic mass is 32.3. The van der Waals surface area contributed by atoms with Gasteiger partial charge < -0.3 is 5.53 Å². The minimum atomic E-state index is -4.08. The summed E-state index contributed by atoms with van der Waals surface area (Å²) >= 11 is 0. The van der Waals surface area contributed by atoms with Gasteiger partial charge in [-0.3, -0.25) is 0 Å². The van der Waals surface area contributed by atoms with E-state index < -0.39 is 34.6 Å². The molecule has 15 heavy (non-hydrogen) atoms. The van der Waals surface area contributed by atoms with Gasteiger partial charge >= 0.3 is 4.38 Å². The molecule has 0 fully saturated rings. The zero-order valence-corrected chi connectivity index (χ0v) is 10.6. The van der Waals surface area contributed by atoms with Gasteiger partial charge in [0.1, 0.15) is 0 Å². The van der Waals surface area contributed by atoms with Crippen LogP contribution in [0.25, 0.3) is 5.53 Å². The van der Waals surface area contributed by atoms with Crippen molar-refractivity contribution < 1.29 is 21.6 Å². The molecule has 0 spiro atoms. The number of hydrogen-bond acceptors (Lipinski definition) is 4. The summed E-state index contributed by atoms with van der Waals surface area (Å²) in [4.78, 5) is 2.41. The minimum absolute atomic E-state index is 0.947. The summed E-state index contributed by atoms with van der Waals surface area (Å²) in [6, 6.07) is 0. The van der Waals surface area contributed by atoms with E-state index in [2.05, 4.69) is 4.79 Å². The molecule has 0 aliphatic carbocycles. The largest absolute Gasteiger partial charge is 0.495 e. The van der Waals surface area contributed by atoms with E-state index in [-0.39, 0.29) is 0 Å². The van der Waals surface area contributed by atoms with E-state index in [9.17, 15) is 16.8 Å². The second kappa shape index (κ2) is 4.42. The average Bonchev–Trinajstić information content (AvgIpc) is 2.03.